The third-order valence-corrected chi connectivity index (χ3v) is 5.62. The fourth-order valence-corrected chi connectivity index (χ4v) is 3.94. The summed E-state index contributed by atoms with van der Waals surface area (Å²) in [4.78, 5) is 29.3. The molecule has 0 radical (unpaired) electrons. The lowest BCUT2D eigenvalue weighted by Gasteiger charge is -2.26. The van der Waals surface area contributed by atoms with Gasteiger partial charge in [-0.05, 0) is 31.9 Å². The molecule has 0 fully saturated rings. The van der Waals surface area contributed by atoms with Crippen molar-refractivity contribution in [1.82, 2.24) is 19.3 Å². The van der Waals surface area contributed by atoms with Crippen LogP contribution in [-0.2, 0) is 13.1 Å². The lowest BCUT2D eigenvalue weighted by molar-refractivity contribution is 0.601. The first kappa shape index (κ1) is 22.7. The molecule has 0 bridgehead atoms. The number of aromatic amines is 1. The number of anilines is 2. The second-order valence-electron chi connectivity index (χ2n) is 7.52. The minimum absolute atomic E-state index is 0.180. The average molecular weight is 445 g/mol. The van der Waals surface area contributed by atoms with Gasteiger partial charge in [-0.3, -0.25) is 14.3 Å². The number of para-hydroxylation sites is 1. The Hall–Kier alpha value is -3.00. The predicted octanol–water partition coefficient (Wildman–Crippen LogP) is 3.48. The number of nitrogen functional groups attached to an aromatic ring is 1. The van der Waals surface area contributed by atoms with Crippen LogP contribution in [0.4, 0.5) is 11.5 Å². The highest BCUT2D eigenvalue weighted by Crippen LogP contribution is 2.27. The Morgan fingerprint density at radius 3 is 2.52 bits per heavy atom. The number of unbranched alkanes of at least 4 members (excludes halogenated alkanes) is 1. The van der Waals surface area contributed by atoms with Crippen molar-refractivity contribution in [2.24, 2.45) is 0 Å². The summed E-state index contributed by atoms with van der Waals surface area (Å²) in [6.07, 6.45) is 2.49. The van der Waals surface area contributed by atoms with Crippen molar-refractivity contribution in [2.45, 2.75) is 53.1 Å². The number of hydrogen-bond acceptors (Lipinski definition) is 5. The molecule has 0 aliphatic carbocycles. The number of nitrogens with one attached hydrogen (secondary N) is 1. The molecule has 1 aromatic carbocycles. The summed E-state index contributed by atoms with van der Waals surface area (Å²) in [5, 5.41) is 5.08. The van der Waals surface area contributed by atoms with Gasteiger partial charge in [0.2, 0.25) is 0 Å². The van der Waals surface area contributed by atoms with Gasteiger partial charge in [0, 0.05) is 25.2 Å². The van der Waals surface area contributed by atoms with Crippen LogP contribution >= 0.6 is 11.6 Å². The maximum Gasteiger partial charge on any atom is 0.330 e. The summed E-state index contributed by atoms with van der Waals surface area (Å²) in [6, 6.07) is 9.63. The van der Waals surface area contributed by atoms with Crippen molar-refractivity contribution in [3.63, 3.8) is 0 Å². The topological polar surface area (TPSA) is 102 Å². The molecule has 0 unspecified atom stereocenters. The molecule has 0 aliphatic heterocycles. The SMILES string of the molecule is CCCCn1c(N)c(N(CCC)Cc2c(C)nn(-c3ccccc3)c2Cl)c(=O)[nH]c1=O. The van der Waals surface area contributed by atoms with E-state index in [0.717, 1.165) is 36.2 Å². The number of halogens is 1. The summed E-state index contributed by atoms with van der Waals surface area (Å²) < 4.78 is 3.12. The van der Waals surface area contributed by atoms with E-state index in [9.17, 15) is 9.59 Å². The number of aryl methyl sites for hydroxylation is 1. The van der Waals surface area contributed by atoms with Crippen LogP contribution in [0.25, 0.3) is 5.69 Å². The van der Waals surface area contributed by atoms with Crippen molar-refractivity contribution in [2.75, 3.05) is 17.2 Å². The van der Waals surface area contributed by atoms with Crippen LogP contribution in [0.15, 0.2) is 39.9 Å². The normalized spacial score (nSPS) is 11.1. The van der Waals surface area contributed by atoms with E-state index in [1.54, 1.807) is 4.68 Å². The quantitative estimate of drug-likeness (QED) is 0.526. The van der Waals surface area contributed by atoms with Gasteiger partial charge in [-0.1, -0.05) is 50.1 Å². The van der Waals surface area contributed by atoms with E-state index in [-0.39, 0.29) is 5.82 Å². The summed E-state index contributed by atoms with van der Waals surface area (Å²) >= 11 is 6.70. The molecule has 3 aromatic rings. The van der Waals surface area contributed by atoms with Crippen LogP contribution in [0.1, 0.15) is 44.4 Å². The zero-order chi connectivity index (χ0) is 22.5. The molecule has 0 atom stereocenters. The Labute approximate surface area is 186 Å². The van der Waals surface area contributed by atoms with Crippen LogP contribution in [-0.4, -0.2) is 25.9 Å². The van der Waals surface area contributed by atoms with Gasteiger partial charge in [0.1, 0.15) is 16.7 Å². The molecule has 3 N–H and O–H groups in total. The third-order valence-electron chi connectivity index (χ3n) is 5.23. The van der Waals surface area contributed by atoms with Gasteiger partial charge >= 0.3 is 5.69 Å². The Balaban J connectivity index is 2.05. The van der Waals surface area contributed by atoms with Crippen molar-refractivity contribution < 1.29 is 0 Å². The van der Waals surface area contributed by atoms with Crippen LogP contribution in [0.3, 0.4) is 0 Å². The zero-order valence-corrected chi connectivity index (χ0v) is 18.9. The van der Waals surface area contributed by atoms with Gasteiger partial charge in [-0.25, -0.2) is 9.48 Å². The van der Waals surface area contributed by atoms with Gasteiger partial charge in [-0.15, -0.1) is 0 Å². The molecule has 9 heteroatoms. The number of nitrogens with two attached hydrogens (primary N) is 1. The van der Waals surface area contributed by atoms with Crippen molar-refractivity contribution in [3.05, 3.63) is 67.6 Å². The Kier molecular flexibility index (Phi) is 7.22. The number of H-pyrrole nitrogens is 1. The van der Waals surface area contributed by atoms with Gasteiger partial charge in [0.25, 0.3) is 5.56 Å². The van der Waals surface area contributed by atoms with Crippen molar-refractivity contribution in [3.8, 4) is 5.69 Å². The Morgan fingerprint density at radius 1 is 1.16 bits per heavy atom. The fourth-order valence-electron chi connectivity index (χ4n) is 3.60. The summed E-state index contributed by atoms with van der Waals surface area (Å²) in [6.45, 7) is 7.33. The molecule has 2 heterocycles. The standard InChI is InChI=1S/C22H29ClN6O2/c1-4-6-13-28-20(24)18(21(30)25-22(28)31)27(12-5-2)14-17-15(3)26-29(19(17)23)16-10-8-7-9-11-16/h7-11H,4-6,12-14,24H2,1-3H3,(H,25,30,31). The highest BCUT2D eigenvalue weighted by atomic mass is 35.5. The fraction of sp³-hybridized carbons (Fsp3) is 0.409. The number of hydrogen-bond donors (Lipinski definition) is 2. The minimum Gasteiger partial charge on any atom is -0.383 e. The number of nitrogens with zero attached hydrogens (tertiary/aromatic N) is 4. The monoisotopic (exact) mass is 444 g/mol. The third kappa shape index (κ3) is 4.69. The molecule has 0 saturated heterocycles. The average Bonchev–Trinajstić information content (AvgIpc) is 3.02. The van der Waals surface area contributed by atoms with E-state index >= 15 is 0 Å². The van der Waals surface area contributed by atoms with E-state index in [1.807, 2.05) is 56.0 Å². The number of benzene rings is 1. The van der Waals surface area contributed by atoms with Crippen molar-refractivity contribution >= 4 is 23.1 Å². The van der Waals surface area contributed by atoms with Crippen molar-refractivity contribution in [1.29, 1.82) is 0 Å². The van der Waals surface area contributed by atoms with Gasteiger partial charge in [0.15, 0.2) is 0 Å². The van der Waals surface area contributed by atoms with E-state index in [0.29, 0.717) is 30.5 Å². The summed E-state index contributed by atoms with van der Waals surface area (Å²) in [7, 11) is 0. The minimum atomic E-state index is -0.493. The first-order chi connectivity index (χ1) is 14.9. The highest BCUT2D eigenvalue weighted by Gasteiger charge is 2.22. The van der Waals surface area contributed by atoms with Gasteiger partial charge in [0.05, 0.1) is 11.4 Å². The largest absolute Gasteiger partial charge is 0.383 e. The smallest absolute Gasteiger partial charge is 0.330 e. The van der Waals surface area contributed by atoms with E-state index in [4.69, 9.17) is 17.3 Å². The molecule has 0 saturated carbocycles. The maximum absolute atomic E-state index is 12.7. The summed E-state index contributed by atoms with van der Waals surface area (Å²) in [5.74, 6) is 0.180. The molecule has 0 spiro atoms. The first-order valence-corrected chi connectivity index (χ1v) is 10.9. The number of rotatable bonds is 9. The predicted molar refractivity (Wildman–Crippen MR) is 125 cm³/mol. The summed E-state index contributed by atoms with van der Waals surface area (Å²) in [5.41, 5.74) is 8.08. The molecule has 2 aromatic heterocycles. The van der Waals surface area contributed by atoms with Crippen LogP contribution in [0.5, 0.6) is 0 Å². The first-order valence-electron chi connectivity index (χ1n) is 10.6. The lowest BCUT2D eigenvalue weighted by atomic mass is 10.2. The van der Waals surface area contributed by atoms with E-state index in [1.165, 1.54) is 4.57 Å². The van der Waals surface area contributed by atoms with Gasteiger partial charge in [-0.2, -0.15) is 5.10 Å². The molecule has 0 aliphatic rings. The second-order valence-corrected chi connectivity index (χ2v) is 7.88. The molecule has 166 valence electrons. The number of aromatic nitrogens is 4. The van der Waals surface area contributed by atoms with Crippen LogP contribution in [0, 0.1) is 6.92 Å². The molecular weight excluding hydrogens is 416 g/mol. The second kappa shape index (κ2) is 9.87. The molecule has 31 heavy (non-hydrogen) atoms. The van der Waals surface area contributed by atoms with E-state index in [2.05, 4.69) is 10.1 Å². The van der Waals surface area contributed by atoms with E-state index < -0.39 is 11.2 Å². The van der Waals surface area contributed by atoms with Crippen LogP contribution in [0.2, 0.25) is 5.15 Å². The molecule has 8 nitrogen and oxygen atoms in total. The van der Waals surface area contributed by atoms with Gasteiger partial charge < -0.3 is 10.6 Å². The Morgan fingerprint density at radius 2 is 1.87 bits per heavy atom. The zero-order valence-electron chi connectivity index (χ0n) is 18.2. The lowest BCUT2D eigenvalue weighted by Crippen LogP contribution is -2.38. The molecule has 0 amide bonds. The molecular formula is C22H29ClN6O2. The Bertz CT molecular complexity index is 1150. The highest BCUT2D eigenvalue weighted by molar-refractivity contribution is 6.30. The van der Waals surface area contributed by atoms with Crippen LogP contribution < -0.4 is 21.9 Å². The maximum atomic E-state index is 12.7. The molecule has 3 rings (SSSR count).